The van der Waals surface area contributed by atoms with E-state index in [0.29, 0.717) is 34.9 Å². The van der Waals surface area contributed by atoms with E-state index in [1.807, 2.05) is 0 Å². The molecule has 0 bridgehead atoms. The molecule has 0 saturated carbocycles. The Morgan fingerprint density at radius 2 is 1.58 bits per heavy atom. The van der Waals surface area contributed by atoms with Crippen LogP contribution in [0, 0.1) is 0 Å². The van der Waals surface area contributed by atoms with Crippen LogP contribution < -0.4 is 9.64 Å². The second kappa shape index (κ2) is 8.88. The Morgan fingerprint density at radius 3 is 2.28 bits per heavy atom. The van der Waals surface area contributed by atoms with E-state index in [-0.39, 0.29) is 23.1 Å². The van der Waals surface area contributed by atoms with Crippen LogP contribution in [0.25, 0.3) is 0 Å². The highest BCUT2D eigenvalue weighted by Gasteiger charge is 2.37. The molecule has 186 valence electrons. The maximum absolute atomic E-state index is 13.3. The van der Waals surface area contributed by atoms with Gasteiger partial charge in [-0.1, -0.05) is 6.07 Å². The summed E-state index contributed by atoms with van der Waals surface area (Å²) in [6.45, 7) is 0.380. The van der Waals surface area contributed by atoms with Crippen molar-refractivity contribution in [2.75, 3.05) is 17.2 Å². The van der Waals surface area contributed by atoms with E-state index in [9.17, 15) is 31.1 Å². The van der Waals surface area contributed by atoms with E-state index in [1.165, 1.54) is 29.2 Å². The van der Waals surface area contributed by atoms with Crippen LogP contribution in [0.4, 0.5) is 37.7 Å². The minimum atomic E-state index is -4.49. The summed E-state index contributed by atoms with van der Waals surface area (Å²) >= 11 is 1.02. The zero-order valence-electron chi connectivity index (χ0n) is 18.3. The summed E-state index contributed by atoms with van der Waals surface area (Å²) in [5.74, 6) is -0.136. The van der Waals surface area contributed by atoms with Gasteiger partial charge in [0.05, 0.1) is 11.3 Å². The van der Waals surface area contributed by atoms with Crippen molar-refractivity contribution < 1.29 is 35.9 Å². The number of fused-ring (bicyclic) bond motifs is 2. The first-order valence-corrected chi connectivity index (χ1v) is 11.7. The quantitative estimate of drug-likeness (QED) is 0.336. The molecule has 36 heavy (non-hydrogen) atoms. The van der Waals surface area contributed by atoms with Crippen LogP contribution in [0.15, 0.2) is 70.6 Å². The van der Waals surface area contributed by atoms with E-state index in [2.05, 4.69) is 4.99 Å². The molecule has 0 aliphatic carbocycles. The molecule has 0 saturated heterocycles. The number of carbonyl (C=O) groups is 1. The predicted molar refractivity (Wildman–Crippen MR) is 124 cm³/mol. The lowest BCUT2D eigenvalue weighted by molar-refractivity contribution is -0.137. The van der Waals surface area contributed by atoms with Gasteiger partial charge in [-0.05, 0) is 66.6 Å². The van der Waals surface area contributed by atoms with Crippen LogP contribution >= 0.6 is 11.8 Å². The Labute approximate surface area is 205 Å². The van der Waals surface area contributed by atoms with Crippen molar-refractivity contribution >= 4 is 34.8 Å². The number of nitrogens with zero attached hydrogens (tertiary/aromatic N) is 2. The summed E-state index contributed by atoms with van der Waals surface area (Å²) in [4.78, 5) is 19.1. The zero-order chi connectivity index (χ0) is 25.7. The first-order chi connectivity index (χ1) is 17.0. The number of thioether (sulfide) groups is 1. The molecule has 3 aromatic carbocycles. The maximum Gasteiger partial charge on any atom is 0.430 e. The van der Waals surface area contributed by atoms with Crippen LogP contribution in [0.3, 0.4) is 0 Å². The molecule has 4 nitrogen and oxygen atoms in total. The molecule has 1 amide bonds. The molecule has 0 unspecified atom stereocenters. The Kier molecular flexibility index (Phi) is 5.98. The highest BCUT2D eigenvalue weighted by atomic mass is 32.2. The molecular formula is C25H16F6N2O2S. The fourth-order valence-corrected chi connectivity index (χ4v) is 4.94. The van der Waals surface area contributed by atoms with E-state index in [4.69, 9.17) is 4.74 Å². The molecule has 2 aliphatic rings. The topological polar surface area (TPSA) is 41.9 Å². The van der Waals surface area contributed by atoms with Crippen molar-refractivity contribution in [1.82, 2.24) is 0 Å². The summed E-state index contributed by atoms with van der Waals surface area (Å²) < 4.78 is 82.9. The normalized spacial score (nSPS) is 15.8. The van der Waals surface area contributed by atoms with Gasteiger partial charge in [0.1, 0.15) is 17.2 Å². The lowest BCUT2D eigenvalue weighted by Gasteiger charge is -2.29. The van der Waals surface area contributed by atoms with Gasteiger partial charge >= 0.3 is 12.4 Å². The molecule has 0 N–H and O–H groups in total. The summed E-state index contributed by atoms with van der Waals surface area (Å²) in [5.41, 5.74) is 0.276. The van der Waals surface area contributed by atoms with Gasteiger partial charge in [0, 0.05) is 28.4 Å². The first-order valence-electron chi connectivity index (χ1n) is 10.7. The third-order valence-electron chi connectivity index (χ3n) is 5.78. The number of benzene rings is 3. The van der Waals surface area contributed by atoms with Crippen LogP contribution in [-0.4, -0.2) is 30.1 Å². The van der Waals surface area contributed by atoms with Crippen molar-refractivity contribution in [2.24, 2.45) is 4.99 Å². The number of halogens is 6. The number of hydrogen-bond donors (Lipinski definition) is 0. The number of carbonyl (C=O) groups excluding carboxylic acids is 1. The second-order valence-corrected chi connectivity index (χ2v) is 9.16. The van der Waals surface area contributed by atoms with Crippen molar-refractivity contribution in [3.63, 3.8) is 0 Å². The number of ether oxygens (including phenoxy) is 1. The lowest BCUT2D eigenvalue weighted by atomic mass is 9.98. The van der Waals surface area contributed by atoms with E-state index < -0.39 is 23.6 Å². The number of aliphatic imine (C=N–C) groups is 1. The Bertz CT molecular complexity index is 1370. The van der Waals surface area contributed by atoms with Gasteiger partial charge in [0.25, 0.3) is 5.91 Å². The van der Waals surface area contributed by atoms with Crippen LogP contribution in [0.5, 0.6) is 11.5 Å². The third kappa shape index (κ3) is 4.79. The molecule has 2 aliphatic heterocycles. The number of amides is 1. The van der Waals surface area contributed by atoms with Crippen molar-refractivity contribution in [2.45, 2.75) is 23.7 Å². The lowest BCUT2D eigenvalue weighted by Crippen LogP contribution is -2.37. The standard InChI is InChI=1S/C25H16F6N2O2S/c26-24(27,28)15-2-6-17(7-3-15)35-18-5-1-14-9-10-33(23(34)19(14)12-18)16-4-8-20-21(11-16)36-13-22(32-20)25(29,30)31/h1-8,11-12H,9-10,13H2. The Morgan fingerprint density at radius 1 is 0.861 bits per heavy atom. The number of rotatable bonds is 3. The van der Waals surface area contributed by atoms with Crippen LogP contribution in [0.2, 0.25) is 0 Å². The molecule has 5 rings (SSSR count). The summed E-state index contributed by atoms with van der Waals surface area (Å²) in [6, 6.07) is 13.8. The van der Waals surface area contributed by atoms with Gasteiger partial charge in [0.2, 0.25) is 0 Å². The molecule has 0 aromatic heterocycles. The molecule has 11 heteroatoms. The summed E-state index contributed by atoms with van der Waals surface area (Å²) in [7, 11) is 0. The SMILES string of the molecule is O=C1c2cc(Oc3ccc(C(F)(F)F)cc3)ccc2CCN1c1ccc2c(c1)SCC(C(F)(F)F)=N2. The minimum Gasteiger partial charge on any atom is -0.457 e. The Balaban J connectivity index is 1.37. The smallest absolute Gasteiger partial charge is 0.430 e. The maximum atomic E-state index is 13.3. The second-order valence-electron chi connectivity index (χ2n) is 8.15. The molecule has 2 heterocycles. The summed E-state index contributed by atoms with van der Waals surface area (Å²) in [6.07, 6.45) is -8.40. The van der Waals surface area contributed by atoms with Crippen LogP contribution in [-0.2, 0) is 12.6 Å². The number of anilines is 1. The van der Waals surface area contributed by atoms with Gasteiger partial charge in [-0.25, -0.2) is 4.99 Å². The van der Waals surface area contributed by atoms with Gasteiger partial charge in [-0.3, -0.25) is 4.79 Å². The van der Waals surface area contributed by atoms with E-state index in [0.717, 1.165) is 29.5 Å². The zero-order valence-corrected chi connectivity index (χ0v) is 19.1. The molecule has 0 fully saturated rings. The van der Waals surface area contributed by atoms with E-state index in [1.54, 1.807) is 24.3 Å². The van der Waals surface area contributed by atoms with Gasteiger partial charge in [-0.2, -0.15) is 26.3 Å². The minimum absolute atomic E-state index is 0.188. The molecular weight excluding hydrogens is 506 g/mol. The van der Waals surface area contributed by atoms with Gasteiger partial charge in [0.15, 0.2) is 0 Å². The fraction of sp³-hybridized carbons (Fsp3) is 0.200. The summed E-state index contributed by atoms with van der Waals surface area (Å²) in [5, 5.41) is 0. The van der Waals surface area contributed by atoms with Crippen LogP contribution in [0.1, 0.15) is 21.5 Å². The molecule has 0 atom stereocenters. The van der Waals surface area contributed by atoms with Crippen molar-refractivity contribution in [3.05, 3.63) is 77.4 Å². The Hall–Kier alpha value is -3.47. The van der Waals surface area contributed by atoms with E-state index >= 15 is 0 Å². The van der Waals surface area contributed by atoms with Crippen molar-refractivity contribution in [3.8, 4) is 11.5 Å². The van der Waals surface area contributed by atoms with Crippen molar-refractivity contribution in [1.29, 1.82) is 0 Å². The average molecular weight is 522 g/mol. The largest absolute Gasteiger partial charge is 0.457 e. The fourth-order valence-electron chi connectivity index (χ4n) is 3.96. The average Bonchev–Trinajstić information content (AvgIpc) is 2.83. The van der Waals surface area contributed by atoms with Gasteiger partial charge in [-0.15, -0.1) is 11.8 Å². The predicted octanol–water partition coefficient (Wildman–Crippen LogP) is 7.44. The first kappa shape index (κ1) is 24.2. The monoisotopic (exact) mass is 522 g/mol. The molecule has 3 aromatic rings. The third-order valence-corrected chi connectivity index (χ3v) is 6.84. The van der Waals surface area contributed by atoms with Gasteiger partial charge < -0.3 is 9.64 Å². The number of hydrogen-bond acceptors (Lipinski definition) is 4. The number of alkyl halides is 6. The molecule has 0 radical (unpaired) electrons. The molecule has 0 spiro atoms. The highest BCUT2D eigenvalue weighted by Crippen LogP contribution is 2.40. The highest BCUT2D eigenvalue weighted by molar-refractivity contribution is 8.00.